The molecule has 1 heterocycles. The van der Waals surface area contributed by atoms with Crippen molar-refractivity contribution in [2.24, 2.45) is 10.2 Å². The highest BCUT2D eigenvalue weighted by molar-refractivity contribution is 6.33. The molecular formula is C24H27ClN4O3. The summed E-state index contributed by atoms with van der Waals surface area (Å²) >= 11 is 6.01. The maximum atomic E-state index is 12.2. The number of amides is 2. The fourth-order valence-corrected chi connectivity index (χ4v) is 3.68. The minimum absolute atomic E-state index is 0.00488. The zero-order chi connectivity index (χ0) is 23.1. The number of aryl methyl sites for hydroxylation is 2. The first-order chi connectivity index (χ1) is 15.4. The Bertz CT molecular complexity index is 1150. The van der Waals surface area contributed by atoms with E-state index in [2.05, 4.69) is 22.5 Å². The lowest BCUT2D eigenvalue weighted by atomic mass is 10.1. The van der Waals surface area contributed by atoms with Gasteiger partial charge >= 0.3 is 0 Å². The molecule has 1 aromatic heterocycles. The van der Waals surface area contributed by atoms with E-state index >= 15 is 0 Å². The summed E-state index contributed by atoms with van der Waals surface area (Å²) in [5.41, 5.74) is 2.51. The van der Waals surface area contributed by atoms with Gasteiger partial charge in [-0.25, -0.2) is 0 Å². The number of hydrogen-bond donors (Lipinski definition) is 2. The van der Waals surface area contributed by atoms with E-state index in [0.29, 0.717) is 17.1 Å². The van der Waals surface area contributed by atoms with Crippen LogP contribution in [0.5, 0.6) is 5.88 Å². The third-order valence-electron chi connectivity index (χ3n) is 5.16. The van der Waals surface area contributed by atoms with Gasteiger partial charge in [-0.15, -0.1) is 10.2 Å². The van der Waals surface area contributed by atoms with Crippen LogP contribution >= 0.6 is 11.6 Å². The average molecular weight is 455 g/mol. The summed E-state index contributed by atoms with van der Waals surface area (Å²) < 4.78 is 1.81. The van der Waals surface area contributed by atoms with Crippen LogP contribution < -0.4 is 5.32 Å². The molecule has 7 nitrogen and oxygen atoms in total. The standard InChI is InChI=1S/C24H27ClN4O3/c1-3-4-7-14-29-20-11-10-16(2)15-18(20)22(24(29)32)28-27-21(30)12-13-26-23(31)17-8-5-6-9-19(17)25/h5-6,8-11,15,32H,3-4,7,12-14H2,1-2H3,(H,26,31). The smallest absolute Gasteiger partial charge is 0.266 e. The zero-order valence-electron chi connectivity index (χ0n) is 18.3. The molecular weight excluding hydrogens is 428 g/mol. The van der Waals surface area contributed by atoms with Crippen LogP contribution in [0.4, 0.5) is 5.69 Å². The Hall–Kier alpha value is -3.19. The third-order valence-corrected chi connectivity index (χ3v) is 5.48. The number of carbonyl (C=O) groups is 2. The lowest BCUT2D eigenvalue weighted by Crippen LogP contribution is -2.25. The number of carbonyl (C=O) groups excluding carboxylic acids is 2. The quantitative estimate of drug-likeness (QED) is 0.310. The molecule has 8 heteroatoms. The normalized spacial score (nSPS) is 11.3. The lowest BCUT2D eigenvalue weighted by molar-refractivity contribution is -0.118. The SMILES string of the molecule is CCCCCn1c(O)c(N=NC(=O)CCNC(=O)c2ccccc2Cl)c2cc(C)ccc21. The van der Waals surface area contributed by atoms with Gasteiger partial charge in [-0.3, -0.25) is 9.59 Å². The van der Waals surface area contributed by atoms with Gasteiger partial charge in [0.15, 0.2) is 5.69 Å². The molecule has 3 aromatic rings. The van der Waals surface area contributed by atoms with Crippen molar-refractivity contribution in [2.45, 2.75) is 46.1 Å². The topological polar surface area (TPSA) is 96.0 Å². The fraction of sp³-hybridized carbons (Fsp3) is 0.333. The molecule has 3 rings (SSSR count). The Balaban J connectivity index is 1.68. The molecule has 2 amide bonds. The number of hydrogen-bond acceptors (Lipinski definition) is 4. The summed E-state index contributed by atoms with van der Waals surface area (Å²) in [6.45, 7) is 4.85. The lowest BCUT2D eigenvalue weighted by Gasteiger charge is -2.06. The monoisotopic (exact) mass is 454 g/mol. The number of aromatic hydroxyl groups is 1. The molecule has 0 saturated heterocycles. The summed E-state index contributed by atoms with van der Waals surface area (Å²) in [6, 6.07) is 12.5. The minimum Gasteiger partial charge on any atom is -0.493 e. The molecule has 32 heavy (non-hydrogen) atoms. The largest absolute Gasteiger partial charge is 0.493 e. The van der Waals surface area contributed by atoms with Gasteiger partial charge in [0, 0.05) is 24.9 Å². The van der Waals surface area contributed by atoms with Crippen LogP contribution in [0.1, 0.15) is 48.5 Å². The van der Waals surface area contributed by atoms with E-state index in [9.17, 15) is 14.7 Å². The van der Waals surface area contributed by atoms with E-state index in [1.54, 1.807) is 24.3 Å². The summed E-state index contributed by atoms with van der Waals surface area (Å²) in [6.07, 6.45) is 3.05. The van der Waals surface area contributed by atoms with Crippen molar-refractivity contribution in [3.05, 3.63) is 58.6 Å². The number of azo groups is 1. The van der Waals surface area contributed by atoms with Gasteiger partial charge in [-0.1, -0.05) is 55.1 Å². The molecule has 2 N–H and O–H groups in total. The van der Waals surface area contributed by atoms with E-state index in [4.69, 9.17) is 11.6 Å². The van der Waals surface area contributed by atoms with Gasteiger partial charge in [0.2, 0.25) is 5.88 Å². The van der Waals surface area contributed by atoms with Gasteiger partial charge in [-0.2, -0.15) is 0 Å². The summed E-state index contributed by atoms with van der Waals surface area (Å²) in [5.74, 6) is -0.850. The second-order valence-electron chi connectivity index (χ2n) is 7.63. The first-order valence-electron chi connectivity index (χ1n) is 10.7. The number of fused-ring (bicyclic) bond motifs is 1. The Kier molecular flexibility index (Phi) is 8.00. The van der Waals surface area contributed by atoms with Crippen molar-refractivity contribution in [2.75, 3.05) is 6.54 Å². The van der Waals surface area contributed by atoms with Crippen LogP contribution in [-0.2, 0) is 11.3 Å². The van der Waals surface area contributed by atoms with E-state index in [-0.39, 0.29) is 30.4 Å². The van der Waals surface area contributed by atoms with E-state index in [0.717, 1.165) is 35.7 Å². The number of nitrogens with zero attached hydrogens (tertiary/aromatic N) is 3. The molecule has 2 aromatic carbocycles. The van der Waals surface area contributed by atoms with Crippen LogP contribution in [0.25, 0.3) is 10.9 Å². The summed E-state index contributed by atoms with van der Waals surface area (Å²) in [5, 5.41) is 22.3. The van der Waals surface area contributed by atoms with Gasteiger partial charge < -0.3 is 15.0 Å². The third kappa shape index (κ3) is 5.53. The van der Waals surface area contributed by atoms with Gasteiger partial charge in [-0.05, 0) is 37.6 Å². The maximum Gasteiger partial charge on any atom is 0.266 e. The van der Waals surface area contributed by atoms with Crippen LogP contribution in [0.15, 0.2) is 52.7 Å². The number of unbranched alkanes of at least 4 members (excludes halogenated alkanes) is 2. The molecule has 0 saturated carbocycles. The predicted molar refractivity (Wildman–Crippen MR) is 126 cm³/mol. The number of rotatable bonds is 9. The first-order valence-corrected chi connectivity index (χ1v) is 11.1. The zero-order valence-corrected chi connectivity index (χ0v) is 19.0. The number of aromatic nitrogens is 1. The van der Waals surface area contributed by atoms with Crippen LogP contribution in [0.3, 0.4) is 0 Å². The summed E-state index contributed by atoms with van der Waals surface area (Å²) in [7, 11) is 0. The van der Waals surface area contributed by atoms with Crippen LogP contribution in [0.2, 0.25) is 5.02 Å². The van der Waals surface area contributed by atoms with Crippen molar-refractivity contribution in [3.63, 3.8) is 0 Å². The average Bonchev–Trinajstić information content (AvgIpc) is 3.02. The molecule has 0 atom stereocenters. The van der Waals surface area contributed by atoms with Gasteiger partial charge in [0.25, 0.3) is 11.8 Å². The van der Waals surface area contributed by atoms with Crippen molar-refractivity contribution in [3.8, 4) is 5.88 Å². The highest BCUT2D eigenvalue weighted by Crippen LogP contribution is 2.39. The van der Waals surface area contributed by atoms with Gasteiger partial charge in [0.05, 0.1) is 16.1 Å². The van der Waals surface area contributed by atoms with Crippen LogP contribution in [-0.4, -0.2) is 28.0 Å². The van der Waals surface area contributed by atoms with Crippen LogP contribution in [0, 0.1) is 6.92 Å². The predicted octanol–water partition coefficient (Wildman–Crippen LogP) is 5.93. The molecule has 0 aliphatic heterocycles. The first kappa shape index (κ1) is 23.5. The molecule has 0 aliphatic rings. The second-order valence-corrected chi connectivity index (χ2v) is 8.04. The number of benzene rings is 2. The second kappa shape index (κ2) is 10.9. The van der Waals surface area contributed by atoms with E-state index < -0.39 is 5.91 Å². The highest BCUT2D eigenvalue weighted by Gasteiger charge is 2.17. The maximum absolute atomic E-state index is 12.2. The van der Waals surface area contributed by atoms with E-state index in [1.807, 2.05) is 29.7 Å². The van der Waals surface area contributed by atoms with Gasteiger partial charge in [0.1, 0.15) is 0 Å². The Labute approximate surface area is 192 Å². The number of nitrogens with one attached hydrogen (secondary N) is 1. The Morgan fingerprint density at radius 3 is 2.69 bits per heavy atom. The fourth-order valence-electron chi connectivity index (χ4n) is 3.46. The van der Waals surface area contributed by atoms with Crippen molar-refractivity contribution >= 4 is 40.0 Å². The molecule has 0 radical (unpaired) electrons. The molecule has 0 aliphatic carbocycles. The van der Waals surface area contributed by atoms with Crippen molar-refractivity contribution in [1.29, 1.82) is 0 Å². The van der Waals surface area contributed by atoms with Crippen molar-refractivity contribution < 1.29 is 14.7 Å². The Morgan fingerprint density at radius 2 is 1.94 bits per heavy atom. The molecule has 0 unspecified atom stereocenters. The minimum atomic E-state index is -0.497. The number of halogens is 1. The van der Waals surface area contributed by atoms with E-state index in [1.165, 1.54) is 0 Å². The highest BCUT2D eigenvalue weighted by atomic mass is 35.5. The molecule has 0 fully saturated rings. The van der Waals surface area contributed by atoms with Crippen molar-refractivity contribution in [1.82, 2.24) is 9.88 Å². The summed E-state index contributed by atoms with van der Waals surface area (Å²) in [4.78, 5) is 24.4. The molecule has 0 bridgehead atoms. The molecule has 168 valence electrons. The Morgan fingerprint density at radius 1 is 1.16 bits per heavy atom. The molecule has 0 spiro atoms.